The van der Waals surface area contributed by atoms with Gasteiger partial charge in [-0.25, -0.2) is 14.4 Å². The predicted octanol–water partition coefficient (Wildman–Crippen LogP) is 3.20. The average Bonchev–Trinajstić information content (AvgIpc) is 2.26. The van der Waals surface area contributed by atoms with Gasteiger partial charge in [-0.15, -0.1) is 0 Å². The van der Waals surface area contributed by atoms with E-state index in [0.717, 1.165) is 11.4 Å². The predicted molar refractivity (Wildman–Crippen MR) is 67.4 cm³/mol. The number of carbonyl (C=O) groups excluding carboxylic acids is 1. The zero-order chi connectivity index (χ0) is 13.1. The molecule has 0 amide bonds. The lowest BCUT2D eigenvalue weighted by Gasteiger charge is -2.03. The van der Waals surface area contributed by atoms with E-state index < -0.39 is 5.82 Å². The fraction of sp³-hybridized carbons (Fsp3) is 0.154. The first kappa shape index (κ1) is 12.7. The number of rotatable bonds is 3. The normalized spacial score (nSPS) is 10.4. The van der Waals surface area contributed by atoms with Crippen LogP contribution in [0.5, 0.6) is 0 Å². The van der Waals surface area contributed by atoms with Crippen molar-refractivity contribution in [2.75, 3.05) is 0 Å². The van der Waals surface area contributed by atoms with E-state index in [0.29, 0.717) is 21.9 Å². The number of aromatic nitrogens is 2. The Hall–Kier alpha value is -1.75. The lowest BCUT2D eigenvalue weighted by molar-refractivity contribution is 0.112. The van der Waals surface area contributed by atoms with Crippen LogP contribution in [0.15, 0.2) is 34.3 Å². The highest BCUT2D eigenvalue weighted by Crippen LogP contribution is 2.26. The van der Waals surface area contributed by atoms with Crippen LogP contribution >= 0.6 is 11.8 Å². The Morgan fingerprint density at radius 2 is 1.78 bits per heavy atom. The Bertz CT molecular complexity index is 581. The molecule has 0 aliphatic heterocycles. The molecule has 2 rings (SSSR count). The Kier molecular flexibility index (Phi) is 3.72. The Morgan fingerprint density at radius 3 is 2.39 bits per heavy atom. The van der Waals surface area contributed by atoms with E-state index in [1.54, 1.807) is 6.07 Å². The number of benzene rings is 1. The van der Waals surface area contributed by atoms with Gasteiger partial charge in [-0.3, -0.25) is 4.79 Å². The summed E-state index contributed by atoms with van der Waals surface area (Å²) in [5.41, 5.74) is 2.02. The van der Waals surface area contributed by atoms with Gasteiger partial charge >= 0.3 is 0 Å². The van der Waals surface area contributed by atoms with E-state index in [1.807, 2.05) is 19.9 Å². The lowest BCUT2D eigenvalue weighted by atomic mass is 10.2. The summed E-state index contributed by atoms with van der Waals surface area (Å²) in [4.78, 5) is 19.8. The van der Waals surface area contributed by atoms with Crippen molar-refractivity contribution in [3.63, 3.8) is 0 Å². The Labute approximate surface area is 108 Å². The topological polar surface area (TPSA) is 42.9 Å². The summed E-state index contributed by atoms with van der Waals surface area (Å²) in [6, 6.07) is 6.03. The van der Waals surface area contributed by atoms with Gasteiger partial charge in [-0.1, -0.05) is 0 Å². The largest absolute Gasteiger partial charge is 0.298 e. The third-order valence-corrected chi connectivity index (χ3v) is 3.04. The number of carbonyl (C=O) groups is 1. The van der Waals surface area contributed by atoms with Gasteiger partial charge in [0.2, 0.25) is 0 Å². The number of halogens is 1. The van der Waals surface area contributed by atoms with Gasteiger partial charge in [0.1, 0.15) is 12.1 Å². The highest BCUT2D eigenvalue weighted by atomic mass is 32.2. The minimum Gasteiger partial charge on any atom is -0.298 e. The van der Waals surface area contributed by atoms with Crippen molar-refractivity contribution in [2.45, 2.75) is 23.9 Å². The maximum absolute atomic E-state index is 13.3. The van der Waals surface area contributed by atoms with E-state index >= 15 is 0 Å². The van der Waals surface area contributed by atoms with Crippen LogP contribution in [0.1, 0.15) is 21.7 Å². The lowest BCUT2D eigenvalue weighted by Crippen LogP contribution is -1.93. The monoisotopic (exact) mass is 262 g/mol. The second-order valence-electron chi connectivity index (χ2n) is 3.87. The van der Waals surface area contributed by atoms with Crippen LogP contribution in [-0.2, 0) is 0 Å². The molecule has 0 radical (unpaired) electrons. The summed E-state index contributed by atoms with van der Waals surface area (Å²) in [5, 5.41) is 0.551. The number of aryl methyl sites for hydroxylation is 2. The molecule has 92 valence electrons. The molecule has 0 spiro atoms. The maximum atomic E-state index is 13.3. The minimum atomic E-state index is -0.438. The third kappa shape index (κ3) is 3.13. The van der Waals surface area contributed by atoms with Gasteiger partial charge in [-0.2, -0.15) is 0 Å². The molecule has 0 N–H and O–H groups in total. The number of hydrogen-bond acceptors (Lipinski definition) is 4. The van der Waals surface area contributed by atoms with Gasteiger partial charge in [0.15, 0.2) is 5.16 Å². The molecule has 1 heterocycles. The van der Waals surface area contributed by atoms with Gasteiger partial charge in [0, 0.05) is 21.8 Å². The van der Waals surface area contributed by atoms with E-state index in [9.17, 15) is 9.18 Å². The van der Waals surface area contributed by atoms with Crippen molar-refractivity contribution >= 4 is 18.0 Å². The molecular weight excluding hydrogens is 251 g/mol. The summed E-state index contributed by atoms with van der Waals surface area (Å²) in [6.45, 7) is 3.75. The molecule has 5 heteroatoms. The summed E-state index contributed by atoms with van der Waals surface area (Å²) >= 11 is 1.24. The number of nitrogens with zero attached hydrogens (tertiary/aromatic N) is 2. The summed E-state index contributed by atoms with van der Waals surface area (Å²) in [7, 11) is 0. The molecule has 3 nitrogen and oxygen atoms in total. The molecule has 0 unspecified atom stereocenters. The number of aldehydes is 1. The van der Waals surface area contributed by atoms with Crippen molar-refractivity contribution in [1.82, 2.24) is 9.97 Å². The molecule has 1 aromatic carbocycles. The molecular formula is C13H11FN2OS. The highest BCUT2D eigenvalue weighted by Gasteiger charge is 2.05. The SMILES string of the molecule is Cc1cc(C)nc(Sc2cc(F)cc(C=O)c2)n1. The third-order valence-electron chi connectivity index (χ3n) is 2.20. The van der Waals surface area contributed by atoms with E-state index in [1.165, 1.54) is 23.9 Å². The standard InChI is InChI=1S/C13H11FN2OS/c1-8-3-9(2)16-13(15-8)18-12-5-10(7-17)4-11(14)6-12/h3-7H,1-2H3. The van der Waals surface area contributed by atoms with Crippen LogP contribution < -0.4 is 0 Å². The zero-order valence-electron chi connectivity index (χ0n) is 9.98. The maximum Gasteiger partial charge on any atom is 0.192 e. The van der Waals surface area contributed by atoms with Gasteiger partial charge in [0.25, 0.3) is 0 Å². The molecule has 18 heavy (non-hydrogen) atoms. The molecule has 0 saturated carbocycles. The van der Waals surface area contributed by atoms with Crippen LogP contribution in [0.4, 0.5) is 4.39 Å². The van der Waals surface area contributed by atoms with Gasteiger partial charge < -0.3 is 0 Å². The molecule has 0 aliphatic carbocycles. The minimum absolute atomic E-state index is 0.307. The molecule has 2 aromatic rings. The van der Waals surface area contributed by atoms with Gasteiger partial charge in [-0.05, 0) is 49.9 Å². The fourth-order valence-corrected chi connectivity index (χ4v) is 2.51. The molecule has 0 atom stereocenters. The highest BCUT2D eigenvalue weighted by molar-refractivity contribution is 7.99. The summed E-state index contributed by atoms with van der Waals surface area (Å²) < 4.78 is 13.3. The molecule has 0 bridgehead atoms. The first-order chi connectivity index (χ1) is 8.56. The van der Waals surface area contributed by atoms with Crippen LogP contribution in [-0.4, -0.2) is 16.3 Å². The smallest absolute Gasteiger partial charge is 0.192 e. The quantitative estimate of drug-likeness (QED) is 0.629. The van der Waals surface area contributed by atoms with E-state index in [2.05, 4.69) is 9.97 Å². The zero-order valence-corrected chi connectivity index (χ0v) is 10.8. The second kappa shape index (κ2) is 5.27. The average molecular weight is 262 g/mol. The van der Waals surface area contributed by atoms with Crippen LogP contribution in [0, 0.1) is 19.7 Å². The van der Waals surface area contributed by atoms with Crippen molar-refractivity contribution < 1.29 is 9.18 Å². The number of hydrogen-bond donors (Lipinski definition) is 0. The molecule has 0 fully saturated rings. The van der Waals surface area contributed by atoms with Gasteiger partial charge in [0.05, 0.1) is 0 Å². The van der Waals surface area contributed by atoms with E-state index in [-0.39, 0.29) is 0 Å². The molecule has 0 aliphatic rings. The van der Waals surface area contributed by atoms with Crippen molar-refractivity contribution in [3.05, 3.63) is 47.0 Å². The molecule has 0 saturated heterocycles. The van der Waals surface area contributed by atoms with Crippen LogP contribution in [0.2, 0.25) is 0 Å². The fourth-order valence-electron chi connectivity index (χ4n) is 1.56. The van der Waals surface area contributed by atoms with Crippen molar-refractivity contribution in [3.8, 4) is 0 Å². The Balaban J connectivity index is 2.33. The van der Waals surface area contributed by atoms with E-state index in [4.69, 9.17) is 0 Å². The van der Waals surface area contributed by atoms with Crippen molar-refractivity contribution in [2.24, 2.45) is 0 Å². The van der Waals surface area contributed by atoms with Crippen LogP contribution in [0.3, 0.4) is 0 Å². The van der Waals surface area contributed by atoms with Crippen molar-refractivity contribution in [1.29, 1.82) is 0 Å². The summed E-state index contributed by atoms with van der Waals surface area (Å²) in [6.07, 6.45) is 0.621. The molecule has 1 aromatic heterocycles. The first-order valence-electron chi connectivity index (χ1n) is 5.33. The second-order valence-corrected chi connectivity index (χ2v) is 4.91. The van der Waals surface area contributed by atoms with Crippen LogP contribution in [0.25, 0.3) is 0 Å². The summed E-state index contributed by atoms with van der Waals surface area (Å²) in [5.74, 6) is -0.438. The first-order valence-corrected chi connectivity index (χ1v) is 6.14. The Morgan fingerprint density at radius 1 is 1.11 bits per heavy atom.